The van der Waals surface area contributed by atoms with Gasteiger partial charge in [0.15, 0.2) is 0 Å². The van der Waals surface area contributed by atoms with Gasteiger partial charge in [-0.1, -0.05) is 121 Å². The second kappa shape index (κ2) is 14.7. The molecule has 0 aliphatic rings. The predicted molar refractivity (Wildman–Crippen MR) is 215 cm³/mol. The average molecular weight is 683 g/mol. The Balaban J connectivity index is 1.46. The smallest absolute Gasteiger partial charge is 0.0713 e. The van der Waals surface area contributed by atoms with Gasteiger partial charge in [-0.05, 0) is 111 Å². The van der Waals surface area contributed by atoms with Crippen LogP contribution < -0.4 is 0 Å². The van der Waals surface area contributed by atoms with Gasteiger partial charge in [0.1, 0.15) is 0 Å². The van der Waals surface area contributed by atoms with Gasteiger partial charge in [-0.15, -0.1) is 0 Å². The first-order chi connectivity index (χ1) is 25.6. The standard InChI is InChI=1S/C48H42O4/c1-49-27-31-5-13-35(14-6-31)43-25-44(36-15-7-32(8-16-36)28-50-2)40-23-24-42-46(38-19-11-34(12-20-38)30-52-4)26-45(37-17-9-33(10-18-37)29-51-3)41-22-21-39(43)47(40)48(41)42/h5-26H,27-30H2,1-4H3. The van der Waals surface area contributed by atoms with Crippen LogP contribution in [0.5, 0.6) is 0 Å². The largest absolute Gasteiger partial charge is 0.380 e. The van der Waals surface area contributed by atoms with E-state index in [2.05, 4.69) is 133 Å². The lowest BCUT2D eigenvalue weighted by Gasteiger charge is -2.22. The van der Waals surface area contributed by atoms with Gasteiger partial charge in [-0.2, -0.15) is 0 Å². The van der Waals surface area contributed by atoms with E-state index < -0.39 is 0 Å². The van der Waals surface area contributed by atoms with Crippen molar-refractivity contribution in [3.8, 4) is 44.5 Å². The van der Waals surface area contributed by atoms with Gasteiger partial charge in [0.2, 0.25) is 0 Å². The van der Waals surface area contributed by atoms with Crippen LogP contribution in [0, 0.1) is 0 Å². The van der Waals surface area contributed by atoms with Crippen molar-refractivity contribution in [2.45, 2.75) is 26.4 Å². The lowest BCUT2D eigenvalue weighted by atomic mass is 9.81. The molecule has 0 aromatic heterocycles. The van der Waals surface area contributed by atoms with Gasteiger partial charge in [0.25, 0.3) is 0 Å². The zero-order chi connectivity index (χ0) is 35.6. The van der Waals surface area contributed by atoms with E-state index in [1.54, 1.807) is 28.4 Å². The van der Waals surface area contributed by atoms with Crippen LogP contribution in [0.1, 0.15) is 22.3 Å². The average Bonchev–Trinajstić information content (AvgIpc) is 3.18. The molecule has 0 radical (unpaired) electrons. The van der Waals surface area contributed by atoms with Crippen LogP contribution in [0.2, 0.25) is 0 Å². The Morgan fingerprint density at radius 3 is 0.692 bits per heavy atom. The SMILES string of the molecule is COCc1ccc(-c2cc(-c3ccc(COC)cc3)c3ccc4c(-c5ccc(COC)cc5)cc(-c5ccc(COC)cc5)c5ccc2c3c54)cc1. The maximum atomic E-state index is 5.44. The molecule has 0 amide bonds. The fourth-order valence-corrected chi connectivity index (χ4v) is 7.74. The molecular weight excluding hydrogens is 641 g/mol. The molecule has 4 nitrogen and oxygen atoms in total. The topological polar surface area (TPSA) is 36.9 Å². The molecule has 0 bridgehead atoms. The van der Waals surface area contributed by atoms with E-state index in [9.17, 15) is 0 Å². The van der Waals surface area contributed by atoms with Crippen molar-refractivity contribution < 1.29 is 18.9 Å². The van der Waals surface area contributed by atoms with E-state index >= 15 is 0 Å². The third-order valence-electron chi connectivity index (χ3n) is 10.2. The number of ether oxygens (including phenoxy) is 4. The van der Waals surface area contributed by atoms with Crippen molar-refractivity contribution in [1.82, 2.24) is 0 Å². The highest BCUT2D eigenvalue weighted by Crippen LogP contribution is 2.48. The summed E-state index contributed by atoms with van der Waals surface area (Å²) in [6.07, 6.45) is 0. The Morgan fingerprint density at radius 1 is 0.288 bits per heavy atom. The Labute approximate surface area is 305 Å². The molecule has 0 spiro atoms. The molecule has 0 unspecified atom stereocenters. The maximum Gasteiger partial charge on any atom is 0.0713 e. The zero-order valence-corrected chi connectivity index (χ0v) is 30.2. The fraction of sp³-hybridized carbons (Fsp3) is 0.167. The van der Waals surface area contributed by atoms with E-state index in [0.29, 0.717) is 26.4 Å². The molecule has 258 valence electrons. The Bertz CT molecular complexity index is 2120. The Kier molecular flexibility index (Phi) is 9.55. The molecule has 0 saturated heterocycles. The molecule has 0 aliphatic heterocycles. The summed E-state index contributed by atoms with van der Waals surface area (Å²) in [6, 6.07) is 49.3. The summed E-state index contributed by atoms with van der Waals surface area (Å²) in [5, 5.41) is 7.50. The summed E-state index contributed by atoms with van der Waals surface area (Å²) >= 11 is 0. The minimum Gasteiger partial charge on any atom is -0.380 e. The molecule has 0 aliphatic carbocycles. The second-order valence-electron chi connectivity index (χ2n) is 13.5. The normalized spacial score (nSPS) is 11.7. The molecule has 8 rings (SSSR count). The summed E-state index contributed by atoms with van der Waals surface area (Å²) < 4.78 is 21.7. The Morgan fingerprint density at radius 2 is 0.500 bits per heavy atom. The fourth-order valence-electron chi connectivity index (χ4n) is 7.74. The molecule has 0 fully saturated rings. The first kappa shape index (κ1) is 33.8. The van der Waals surface area contributed by atoms with Crippen molar-refractivity contribution >= 4 is 32.3 Å². The first-order valence-electron chi connectivity index (χ1n) is 17.7. The first-order valence-corrected chi connectivity index (χ1v) is 17.7. The van der Waals surface area contributed by atoms with Gasteiger partial charge in [0.05, 0.1) is 26.4 Å². The second-order valence-corrected chi connectivity index (χ2v) is 13.5. The third-order valence-corrected chi connectivity index (χ3v) is 10.2. The summed E-state index contributed by atoms with van der Waals surface area (Å²) in [4.78, 5) is 0. The molecule has 0 atom stereocenters. The molecule has 0 heterocycles. The summed E-state index contributed by atoms with van der Waals surface area (Å²) in [7, 11) is 6.96. The molecule has 4 heteroatoms. The van der Waals surface area contributed by atoms with Crippen LogP contribution in [0.4, 0.5) is 0 Å². The van der Waals surface area contributed by atoms with Crippen LogP contribution in [-0.4, -0.2) is 28.4 Å². The highest BCUT2D eigenvalue weighted by Gasteiger charge is 2.21. The summed E-state index contributed by atoms with van der Waals surface area (Å²) in [6.45, 7) is 2.34. The molecule has 8 aromatic rings. The van der Waals surface area contributed by atoms with Crippen LogP contribution in [-0.2, 0) is 45.4 Å². The summed E-state index contributed by atoms with van der Waals surface area (Å²) in [5.41, 5.74) is 14.2. The van der Waals surface area contributed by atoms with Gasteiger partial charge < -0.3 is 18.9 Å². The highest BCUT2D eigenvalue weighted by atomic mass is 16.5. The van der Waals surface area contributed by atoms with Crippen LogP contribution >= 0.6 is 0 Å². The quantitative estimate of drug-likeness (QED) is 0.120. The van der Waals surface area contributed by atoms with Crippen LogP contribution in [0.3, 0.4) is 0 Å². The van der Waals surface area contributed by atoms with Crippen molar-refractivity contribution in [1.29, 1.82) is 0 Å². The third kappa shape index (κ3) is 6.25. The number of rotatable bonds is 12. The minimum atomic E-state index is 0.586. The van der Waals surface area contributed by atoms with Crippen molar-refractivity contribution in [2.75, 3.05) is 28.4 Å². The van der Waals surface area contributed by atoms with Crippen LogP contribution in [0.15, 0.2) is 133 Å². The number of benzene rings is 8. The number of hydrogen-bond acceptors (Lipinski definition) is 4. The van der Waals surface area contributed by atoms with E-state index in [1.807, 2.05) is 0 Å². The lowest BCUT2D eigenvalue weighted by Crippen LogP contribution is -1.95. The maximum absolute atomic E-state index is 5.44. The van der Waals surface area contributed by atoms with Crippen molar-refractivity contribution in [3.05, 3.63) is 156 Å². The van der Waals surface area contributed by atoms with Gasteiger partial charge in [0, 0.05) is 28.4 Å². The van der Waals surface area contributed by atoms with E-state index in [1.165, 1.54) is 76.8 Å². The molecule has 8 aromatic carbocycles. The number of methoxy groups -OCH3 is 4. The van der Waals surface area contributed by atoms with Gasteiger partial charge in [-0.3, -0.25) is 0 Å². The summed E-state index contributed by atoms with van der Waals surface area (Å²) in [5.74, 6) is 0. The van der Waals surface area contributed by atoms with Crippen molar-refractivity contribution in [3.63, 3.8) is 0 Å². The van der Waals surface area contributed by atoms with E-state index in [4.69, 9.17) is 18.9 Å². The Hall–Kier alpha value is -5.36. The molecule has 52 heavy (non-hydrogen) atoms. The highest BCUT2D eigenvalue weighted by molar-refractivity contribution is 6.31. The van der Waals surface area contributed by atoms with Crippen molar-refractivity contribution in [2.24, 2.45) is 0 Å². The zero-order valence-electron chi connectivity index (χ0n) is 30.2. The molecular formula is C48H42O4. The number of hydrogen-bond donors (Lipinski definition) is 0. The van der Waals surface area contributed by atoms with Gasteiger partial charge in [-0.25, -0.2) is 0 Å². The van der Waals surface area contributed by atoms with Gasteiger partial charge >= 0.3 is 0 Å². The predicted octanol–water partition coefficient (Wildman–Crippen LogP) is 11.8. The lowest BCUT2D eigenvalue weighted by molar-refractivity contribution is 0.185. The monoisotopic (exact) mass is 682 g/mol. The van der Waals surface area contributed by atoms with E-state index in [-0.39, 0.29) is 0 Å². The molecule has 0 N–H and O–H groups in total. The molecule has 0 saturated carbocycles. The minimum absolute atomic E-state index is 0.586. The van der Waals surface area contributed by atoms with Crippen LogP contribution in [0.25, 0.3) is 76.8 Å². The van der Waals surface area contributed by atoms with E-state index in [0.717, 1.165) is 22.3 Å².